The molecule has 1 aromatic heterocycles. The van der Waals surface area contributed by atoms with E-state index in [4.69, 9.17) is 18.8 Å². The fourth-order valence-corrected chi connectivity index (χ4v) is 7.71. The van der Waals surface area contributed by atoms with E-state index >= 15 is 0 Å². The number of nitrogens with one attached hydrogen (secondary N) is 2. The topological polar surface area (TPSA) is 166 Å². The molecule has 0 spiro atoms. The number of hydrogen-bond acceptors (Lipinski definition) is 10. The summed E-state index contributed by atoms with van der Waals surface area (Å²) in [7, 11) is 0.526. The molecule has 5 amide bonds. The van der Waals surface area contributed by atoms with E-state index in [0.717, 1.165) is 11.3 Å². The lowest BCUT2D eigenvalue weighted by Crippen LogP contribution is -2.59. The van der Waals surface area contributed by atoms with E-state index in [9.17, 15) is 24.0 Å². The Balaban J connectivity index is 1.50. The molecule has 1 aromatic carbocycles. The van der Waals surface area contributed by atoms with Crippen molar-refractivity contribution in [3.63, 3.8) is 0 Å². The van der Waals surface area contributed by atoms with Gasteiger partial charge >= 0.3 is 30.9 Å². The molecule has 6 atom stereocenters. The van der Waals surface area contributed by atoms with Crippen molar-refractivity contribution in [3.8, 4) is 5.75 Å². The van der Waals surface area contributed by atoms with E-state index in [1.165, 1.54) is 24.4 Å². The van der Waals surface area contributed by atoms with Gasteiger partial charge in [0.05, 0.1) is 24.8 Å². The quantitative estimate of drug-likeness (QED) is 0.205. The van der Waals surface area contributed by atoms with Crippen LogP contribution in [0.25, 0.3) is 0 Å². The van der Waals surface area contributed by atoms with Crippen molar-refractivity contribution in [3.05, 3.63) is 59.4 Å². The predicted octanol–water partition coefficient (Wildman–Crippen LogP) is 4.12. The van der Waals surface area contributed by atoms with E-state index in [-0.39, 0.29) is 48.3 Å². The van der Waals surface area contributed by atoms with Gasteiger partial charge in [0.2, 0.25) is 5.91 Å². The average molecular weight is 748 g/mol. The van der Waals surface area contributed by atoms with Gasteiger partial charge in [-0.25, -0.2) is 9.59 Å². The van der Waals surface area contributed by atoms with Gasteiger partial charge < -0.3 is 34.3 Å². The molecule has 54 heavy (non-hydrogen) atoms. The molecule has 2 aliphatic heterocycles. The first-order chi connectivity index (χ1) is 25.3. The molecular weight excluding hydrogens is 693 g/mol. The van der Waals surface area contributed by atoms with Crippen molar-refractivity contribution >= 4 is 36.8 Å². The number of urea groups is 1. The number of fused-ring (bicyclic) bond motifs is 1. The number of amides is 5. The second kappa shape index (κ2) is 15.7. The molecule has 1 saturated carbocycles. The molecule has 292 valence electrons. The van der Waals surface area contributed by atoms with Crippen LogP contribution in [-0.2, 0) is 34.9 Å². The van der Waals surface area contributed by atoms with Crippen molar-refractivity contribution < 1.29 is 42.8 Å². The zero-order valence-corrected chi connectivity index (χ0v) is 33.1. The van der Waals surface area contributed by atoms with E-state index < -0.39 is 60.0 Å². The van der Waals surface area contributed by atoms with Crippen LogP contribution in [0.15, 0.2) is 42.7 Å². The third kappa shape index (κ3) is 8.12. The lowest BCUT2D eigenvalue weighted by Gasteiger charge is -2.53. The molecule has 0 radical (unpaired) electrons. The molecule has 2 aromatic rings. The Morgan fingerprint density at radius 1 is 1.06 bits per heavy atom. The van der Waals surface area contributed by atoms with Crippen LogP contribution < -0.4 is 15.4 Å². The van der Waals surface area contributed by atoms with Crippen LogP contribution in [0.2, 0.25) is 0 Å². The molecule has 0 bridgehead atoms. The maximum atomic E-state index is 14.5. The second-order valence-electron chi connectivity index (χ2n) is 16.3. The summed E-state index contributed by atoms with van der Waals surface area (Å²) < 4.78 is 25.0. The molecule has 1 aliphatic carbocycles. The Morgan fingerprint density at radius 2 is 1.78 bits per heavy atom. The molecule has 3 heterocycles. The van der Waals surface area contributed by atoms with Gasteiger partial charge in [-0.15, -0.1) is 0 Å². The largest absolute Gasteiger partial charge is 0.496 e. The lowest BCUT2D eigenvalue weighted by atomic mass is 9.57. The lowest BCUT2D eigenvalue weighted by molar-refractivity contribution is -0.153. The van der Waals surface area contributed by atoms with E-state index in [1.54, 1.807) is 58.0 Å². The van der Waals surface area contributed by atoms with Gasteiger partial charge in [0.25, 0.3) is 0 Å². The number of methoxy groups -OCH3 is 1. The highest BCUT2D eigenvalue weighted by Crippen LogP contribution is 2.54. The van der Waals surface area contributed by atoms with Gasteiger partial charge in [-0.3, -0.25) is 24.3 Å². The number of imide groups is 1. The molecule has 3 fully saturated rings. The van der Waals surface area contributed by atoms with Gasteiger partial charge in [0.1, 0.15) is 23.0 Å². The van der Waals surface area contributed by atoms with Crippen LogP contribution in [-0.4, -0.2) is 102 Å². The van der Waals surface area contributed by atoms with Gasteiger partial charge in [-0.1, -0.05) is 45.9 Å². The third-order valence-electron chi connectivity index (χ3n) is 11.6. The smallest absolute Gasteiger partial charge is 0.482 e. The predicted molar refractivity (Wildman–Crippen MR) is 200 cm³/mol. The van der Waals surface area contributed by atoms with E-state index in [0.29, 0.717) is 23.6 Å². The Hall–Kier alpha value is -4.50. The summed E-state index contributed by atoms with van der Waals surface area (Å²) in [6.07, 6.45) is 3.55. The number of ether oxygens (including phenoxy) is 2. The van der Waals surface area contributed by atoms with Crippen molar-refractivity contribution in [2.24, 2.45) is 17.3 Å². The van der Waals surface area contributed by atoms with Crippen LogP contribution in [0.1, 0.15) is 96.3 Å². The van der Waals surface area contributed by atoms with Crippen LogP contribution in [0.5, 0.6) is 5.75 Å². The number of rotatable bonds is 10. The van der Waals surface area contributed by atoms with Crippen molar-refractivity contribution in [2.45, 2.75) is 104 Å². The molecule has 5 rings (SSSR count). The average Bonchev–Trinajstić information content (AvgIpc) is 3.46. The zero-order chi connectivity index (χ0) is 39.7. The zero-order valence-electron chi connectivity index (χ0n) is 33.1. The molecule has 2 saturated heterocycles. The van der Waals surface area contributed by atoms with E-state index in [1.807, 2.05) is 6.92 Å². The summed E-state index contributed by atoms with van der Waals surface area (Å²) in [5.74, 6) is -3.14. The minimum absolute atomic E-state index is 0.0291. The van der Waals surface area contributed by atoms with Crippen LogP contribution in [0.3, 0.4) is 0 Å². The maximum absolute atomic E-state index is 14.5. The van der Waals surface area contributed by atoms with E-state index in [2.05, 4.69) is 43.3 Å². The summed E-state index contributed by atoms with van der Waals surface area (Å²) in [6.45, 7) is 18.4. The van der Waals surface area contributed by atoms with Gasteiger partial charge in [-0.2, -0.15) is 0 Å². The molecule has 14 nitrogen and oxygen atoms in total. The minimum atomic E-state index is -1.33. The number of likely N-dealkylation sites (N-methyl/N-ethyl adjacent to an activating group) is 1. The highest BCUT2D eigenvalue weighted by molar-refractivity contribution is 6.48. The number of carbonyl (C=O) groups excluding carboxylic acids is 5. The van der Waals surface area contributed by atoms with Crippen LogP contribution in [0.4, 0.5) is 4.79 Å². The number of hydrogen-bond donors (Lipinski definition) is 2. The number of piperazine rings is 1. The van der Waals surface area contributed by atoms with Crippen molar-refractivity contribution in [1.82, 2.24) is 25.4 Å². The number of benzene rings is 1. The highest BCUT2D eigenvalue weighted by atomic mass is 16.7. The Kier molecular flexibility index (Phi) is 11.8. The SMILES string of the molecule is CCN1CCN(C(=O)NC(C(=O)N[C@@H](Cc2cccc(C(=O)OC(C)(C)C)c2OC)B2O[C@@H]3C[C@H](C)C(C)(C)[C@H](C)[C@]3(C)O2)c2cccnc2)C(=O)C1=O. The number of para-hydroxylation sites is 1. The summed E-state index contributed by atoms with van der Waals surface area (Å²) >= 11 is 0. The standard InChI is InChI=1S/C39H54BN5O9/c1-11-44-18-19-45(34(48)33(44)47)36(50)43-30(26-15-13-17-41-22-26)32(46)42-29(40-53-28-20-23(2)38(7,8)24(3)39(28,9)54-40)21-25-14-12-16-27(31(25)51-10)35(49)52-37(4,5)6/h12-17,22-24,28-30H,11,18-21H2,1-10H3,(H,42,46)(H,43,50)/t23-,24-,28+,29-,30?,39-/m0/s1. The second-order valence-corrected chi connectivity index (χ2v) is 16.3. The first-order valence-corrected chi connectivity index (χ1v) is 18.7. The normalized spacial score (nSPS) is 25.1. The number of aromatic nitrogens is 1. The highest BCUT2D eigenvalue weighted by Gasteiger charge is 2.61. The number of pyridine rings is 1. The summed E-state index contributed by atoms with van der Waals surface area (Å²) in [5, 5.41) is 5.75. The Labute approximate surface area is 318 Å². The summed E-state index contributed by atoms with van der Waals surface area (Å²) in [5.41, 5.74) is -0.353. The Morgan fingerprint density at radius 3 is 2.41 bits per heavy atom. The van der Waals surface area contributed by atoms with Crippen molar-refractivity contribution in [2.75, 3.05) is 26.7 Å². The van der Waals surface area contributed by atoms with Crippen LogP contribution in [0, 0.1) is 17.3 Å². The van der Waals surface area contributed by atoms with Gasteiger partial charge in [0, 0.05) is 37.6 Å². The molecule has 2 N–H and O–H groups in total. The molecular formula is C39H54BN5O9. The third-order valence-corrected chi connectivity index (χ3v) is 11.6. The van der Waals surface area contributed by atoms with Crippen LogP contribution >= 0.6 is 0 Å². The minimum Gasteiger partial charge on any atom is -0.496 e. The van der Waals surface area contributed by atoms with Gasteiger partial charge in [0.15, 0.2) is 0 Å². The first kappa shape index (κ1) is 40.7. The monoisotopic (exact) mass is 747 g/mol. The summed E-state index contributed by atoms with van der Waals surface area (Å²) in [4.78, 5) is 73.3. The number of carbonyl (C=O) groups is 5. The fraction of sp³-hybridized carbons (Fsp3) is 0.590. The number of nitrogens with zero attached hydrogens (tertiary/aromatic N) is 3. The van der Waals surface area contributed by atoms with Gasteiger partial charge in [-0.05, 0) is 82.4 Å². The van der Waals surface area contributed by atoms with Crippen molar-refractivity contribution in [1.29, 1.82) is 0 Å². The first-order valence-electron chi connectivity index (χ1n) is 18.7. The summed E-state index contributed by atoms with van der Waals surface area (Å²) in [6, 6.07) is 6.16. The number of esters is 1. The molecule has 15 heteroatoms. The molecule has 3 aliphatic rings. The Bertz CT molecular complexity index is 1750. The fourth-order valence-electron chi connectivity index (χ4n) is 7.71. The maximum Gasteiger partial charge on any atom is 0.482 e. The molecule has 1 unspecified atom stereocenters.